The summed E-state index contributed by atoms with van der Waals surface area (Å²) in [5.41, 5.74) is 0. The zero-order valence-corrected chi connectivity index (χ0v) is 6.77. The summed E-state index contributed by atoms with van der Waals surface area (Å²) in [6.07, 6.45) is -1.41. The molecule has 1 aliphatic rings. The Labute approximate surface area is 73.8 Å². The van der Waals surface area contributed by atoms with Gasteiger partial charge < -0.3 is 10.2 Å². The first-order valence-electron chi connectivity index (χ1n) is 3.76. The van der Waals surface area contributed by atoms with E-state index in [1.54, 1.807) is 0 Å². The van der Waals surface area contributed by atoms with Crippen molar-refractivity contribution >= 4 is 17.8 Å². The van der Waals surface area contributed by atoms with Crippen molar-refractivity contribution in [2.45, 2.75) is 18.9 Å². The van der Waals surface area contributed by atoms with E-state index in [-0.39, 0.29) is 25.2 Å². The van der Waals surface area contributed by atoms with Crippen LogP contribution in [0.2, 0.25) is 0 Å². The van der Waals surface area contributed by atoms with Crippen LogP contribution in [0.25, 0.3) is 0 Å². The molecule has 1 rings (SSSR count). The van der Waals surface area contributed by atoms with Crippen molar-refractivity contribution in [3.8, 4) is 0 Å². The fraction of sp³-hybridized carbons (Fsp3) is 0.571. The van der Waals surface area contributed by atoms with Crippen LogP contribution in [0.15, 0.2) is 0 Å². The molecule has 1 fully saturated rings. The Hall–Kier alpha value is -1.59. The minimum Gasteiger partial charge on any atom is -0.480 e. The second kappa shape index (κ2) is 3.42. The van der Waals surface area contributed by atoms with Crippen LogP contribution in [0.3, 0.4) is 0 Å². The van der Waals surface area contributed by atoms with Gasteiger partial charge in [-0.25, -0.2) is 9.59 Å². The summed E-state index contributed by atoms with van der Waals surface area (Å²) in [4.78, 5) is 32.7. The van der Waals surface area contributed by atoms with Gasteiger partial charge in [0.05, 0.1) is 0 Å². The van der Waals surface area contributed by atoms with Crippen molar-refractivity contribution in [2.75, 3.05) is 6.54 Å². The number of nitrogens with zero attached hydrogens (tertiary/aromatic N) is 1. The lowest BCUT2D eigenvalue weighted by molar-refractivity contribution is -0.146. The van der Waals surface area contributed by atoms with E-state index in [0.717, 1.165) is 4.90 Å². The Morgan fingerprint density at radius 3 is 2.46 bits per heavy atom. The molecule has 13 heavy (non-hydrogen) atoms. The molecule has 0 radical (unpaired) electrons. The van der Waals surface area contributed by atoms with Gasteiger partial charge in [0, 0.05) is 19.4 Å². The van der Waals surface area contributed by atoms with Crippen LogP contribution in [0.1, 0.15) is 12.8 Å². The quantitative estimate of drug-likeness (QED) is 0.591. The average molecular weight is 187 g/mol. The third-order valence-corrected chi connectivity index (χ3v) is 1.96. The monoisotopic (exact) mass is 187 g/mol. The maximum Gasteiger partial charge on any atom is 0.408 e. The normalized spacial score (nSPS) is 22.9. The fourth-order valence-electron chi connectivity index (χ4n) is 1.28. The lowest BCUT2D eigenvalue weighted by Crippen LogP contribution is -2.49. The smallest absolute Gasteiger partial charge is 0.408 e. The molecule has 0 bridgehead atoms. The number of carboxylic acid groups (broad SMARTS) is 2. The minimum atomic E-state index is -1.29. The summed E-state index contributed by atoms with van der Waals surface area (Å²) in [7, 11) is 0. The molecular weight excluding hydrogens is 178 g/mol. The molecule has 6 heteroatoms. The Morgan fingerprint density at radius 1 is 1.38 bits per heavy atom. The zero-order valence-electron chi connectivity index (χ0n) is 6.77. The maximum absolute atomic E-state index is 10.9. The fourth-order valence-corrected chi connectivity index (χ4v) is 1.28. The van der Waals surface area contributed by atoms with Crippen molar-refractivity contribution in [3.63, 3.8) is 0 Å². The van der Waals surface area contributed by atoms with Gasteiger partial charge in [-0.15, -0.1) is 0 Å². The number of carbonyl (C=O) groups is 3. The van der Waals surface area contributed by atoms with E-state index < -0.39 is 18.1 Å². The first kappa shape index (κ1) is 9.50. The van der Waals surface area contributed by atoms with Gasteiger partial charge in [0.25, 0.3) is 0 Å². The largest absolute Gasteiger partial charge is 0.480 e. The molecule has 0 unspecified atom stereocenters. The topological polar surface area (TPSA) is 94.9 Å². The molecule has 0 aromatic heterocycles. The molecule has 0 aromatic carbocycles. The highest BCUT2D eigenvalue weighted by molar-refractivity contribution is 5.90. The number of hydrogen-bond donors (Lipinski definition) is 2. The third-order valence-electron chi connectivity index (χ3n) is 1.96. The summed E-state index contributed by atoms with van der Waals surface area (Å²) in [6.45, 7) is -0.0227. The summed E-state index contributed by atoms with van der Waals surface area (Å²) < 4.78 is 0. The van der Waals surface area contributed by atoms with Gasteiger partial charge in [-0.2, -0.15) is 0 Å². The first-order valence-corrected chi connectivity index (χ1v) is 3.76. The number of rotatable bonds is 1. The second-order valence-electron chi connectivity index (χ2n) is 2.82. The van der Waals surface area contributed by atoms with Crippen LogP contribution in [0.4, 0.5) is 4.79 Å². The standard InChI is InChI=1S/C7H9NO5/c9-4-1-2-8(7(12)13)5(3-4)6(10)11/h5H,1-3H2,(H,10,11)(H,12,13)/t5-/m0/s1. The van der Waals surface area contributed by atoms with Crippen molar-refractivity contribution in [2.24, 2.45) is 0 Å². The SMILES string of the molecule is O=C1CCN(C(=O)O)[C@H](C(=O)O)C1. The van der Waals surface area contributed by atoms with E-state index in [0.29, 0.717) is 0 Å². The highest BCUT2D eigenvalue weighted by Crippen LogP contribution is 2.14. The summed E-state index contributed by atoms with van der Waals surface area (Å²) in [6, 6.07) is -1.21. The molecule has 1 amide bonds. The summed E-state index contributed by atoms with van der Waals surface area (Å²) >= 11 is 0. The van der Waals surface area contributed by atoms with Crippen molar-refractivity contribution in [3.05, 3.63) is 0 Å². The Kier molecular flexibility index (Phi) is 2.50. The van der Waals surface area contributed by atoms with Gasteiger partial charge in [-0.05, 0) is 0 Å². The number of Topliss-reactive ketones (excluding diaryl/α,β-unsaturated/α-hetero) is 1. The number of carbonyl (C=O) groups excluding carboxylic acids is 1. The van der Waals surface area contributed by atoms with Gasteiger partial charge in [-0.1, -0.05) is 0 Å². The van der Waals surface area contributed by atoms with E-state index in [1.165, 1.54) is 0 Å². The molecule has 72 valence electrons. The number of piperidine rings is 1. The number of amides is 1. The van der Waals surface area contributed by atoms with Crippen molar-refractivity contribution in [1.82, 2.24) is 4.90 Å². The van der Waals surface area contributed by atoms with Gasteiger partial charge in [0.15, 0.2) is 0 Å². The Morgan fingerprint density at radius 2 is 2.00 bits per heavy atom. The van der Waals surface area contributed by atoms with Crippen LogP contribution in [-0.4, -0.2) is 45.5 Å². The van der Waals surface area contributed by atoms with E-state index in [9.17, 15) is 14.4 Å². The molecule has 0 spiro atoms. The Bertz CT molecular complexity index is 262. The third kappa shape index (κ3) is 1.95. The molecule has 1 heterocycles. The molecule has 6 nitrogen and oxygen atoms in total. The highest BCUT2D eigenvalue weighted by Gasteiger charge is 2.35. The number of hydrogen-bond acceptors (Lipinski definition) is 3. The summed E-state index contributed by atoms with van der Waals surface area (Å²) in [5, 5.41) is 17.2. The van der Waals surface area contributed by atoms with Crippen LogP contribution in [0, 0.1) is 0 Å². The second-order valence-corrected chi connectivity index (χ2v) is 2.82. The van der Waals surface area contributed by atoms with Crippen LogP contribution in [0.5, 0.6) is 0 Å². The number of ketones is 1. The predicted octanol–water partition coefficient (Wildman–Crippen LogP) is -0.218. The molecular formula is C7H9NO5. The van der Waals surface area contributed by atoms with Gasteiger partial charge in [-0.3, -0.25) is 9.69 Å². The molecule has 2 N–H and O–H groups in total. The van der Waals surface area contributed by atoms with Crippen molar-refractivity contribution in [1.29, 1.82) is 0 Å². The van der Waals surface area contributed by atoms with Gasteiger partial charge >= 0.3 is 12.1 Å². The molecule has 0 aliphatic carbocycles. The maximum atomic E-state index is 10.9. The van der Waals surface area contributed by atoms with Gasteiger partial charge in [0.2, 0.25) is 0 Å². The molecule has 1 aliphatic heterocycles. The molecule has 0 saturated carbocycles. The van der Waals surface area contributed by atoms with Crippen LogP contribution >= 0.6 is 0 Å². The van der Waals surface area contributed by atoms with E-state index in [2.05, 4.69) is 0 Å². The lowest BCUT2D eigenvalue weighted by atomic mass is 10.0. The van der Waals surface area contributed by atoms with E-state index >= 15 is 0 Å². The van der Waals surface area contributed by atoms with Crippen LogP contribution < -0.4 is 0 Å². The summed E-state index contributed by atoms with van der Waals surface area (Å²) in [5.74, 6) is -1.47. The number of carboxylic acids is 1. The highest BCUT2D eigenvalue weighted by atomic mass is 16.4. The molecule has 1 saturated heterocycles. The Balaban J connectivity index is 2.77. The lowest BCUT2D eigenvalue weighted by Gasteiger charge is -2.29. The van der Waals surface area contributed by atoms with Gasteiger partial charge in [0.1, 0.15) is 11.8 Å². The molecule has 0 aromatic rings. The zero-order chi connectivity index (χ0) is 10.0. The van der Waals surface area contributed by atoms with E-state index in [4.69, 9.17) is 10.2 Å². The minimum absolute atomic E-state index is 0.0227. The predicted molar refractivity (Wildman–Crippen MR) is 40.4 cm³/mol. The number of likely N-dealkylation sites (tertiary alicyclic amines) is 1. The number of aliphatic carboxylic acids is 1. The van der Waals surface area contributed by atoms with E-state index in [1.807, 2.05) is 0 Å². The molecule has 1 atom stereocenters. The average Bonchev–Trinajstić information content (AvgIpc) is 2.03. The first-order chi connectivity index (χ1) is 6.02. The van der Waals surface area contributed by atoms with Crippen molar-refractivity contribution < 1.29 is 24.6 Å². The van der Waals surface area contributed by atoms with Crippen LogP contribution in [-0.2, 0) is 9.59 Å².